The van der Waals surface area contributed by atoms with E-state index in [9.17, 15) is 14.9 Å². The Labute approximate surface area is 138 Å². The Balaban J connectivity index is 1.91. The molecule has 2 aromatic heterocycles. The lowest BCUT2D eigenvalue weighted by Crippen LogP contribution is -2.39. The second-order valence-electron chi connectivity index (χ2n) is 5.16. The van der Waals surface area contributed by atoms with Crippen LogP contribution in [0.15, 0.2) is 73.1 Å². The van der Waals surface area contributed by atoms with E-state index in [1.165, 1.54) is 18.2 Å². The van der Waals surface area contributed by atoms with Gasteiger partial charge in [0.05, 0.1) is 4.92 Å². The molecule has 6 nitrogen and oxygen atoms in total. The molecule has 0 aliphatic heterocycles. The van der Waals surface area contributed by atoms with Crippen LogP contribution in [0.2, 0.25) is 0 Å². The summed E-state index contributed by atoms with van der Waals surface area (Å²) in [5, 5.41) is 10.9. The van der Waals surface area contributed by atoms with E-state index in [-0.39, 0.29) is 18.0 Å². The first-order chi connectivity index (χ1) is 11.6. The molecule has 2 heterocycles. The molecule has 0 atom stereocenters. The summed E-state index contributed by atoms with van der Waals surface area (Å²) >= 11 is 0. The molecule has 3 rings (SSSR count). The van der Waals surface area contributed by atoms with E-state index in [0.717, 1.165) is 11.4 Å². The van der Waals surface area contributed by atoms with Crippen molar-refractivity contribution in [3.8, 4) is 11.4 Å². The average molecular weight is 320 g/mol. The van der Waals surface area contributed by atoms with Crippen LogP contribution in [-0.4, -0.2) is 15.7 Å². The van der Waals surface area contributed by atoms with Gasteiger partial charge in [-0.3, -0.25) is 14.9 Å². The summed E-state index contributed by atoms with van der Waals surface area (Å²) in [5.41, 5.74) is 1.78. The van der Waals surface area contributed by atoms with Crippen LogP contribution < -0.4 is 4.57 Å². The minimum absolute atomic E-state index is 0.0773. The van der Waals surface area contributed by atoms with Crippen molar-refractivity contribution in [1.29, 1.82) is 0 Å². The van der Waals surface area contributed by atoms with Gasteiger partial charge < -0.3 is 0 Å². The highest BCUT2D eigenvalue weighted by molar-refractivity contribution is 5.95. The molecule has 0 fully saturated rings. The maximum absolute atomic E-state index is 12.5. The maximum atomic E-state index is 12.5. The average Bonchev–Trinajstić information content (AvgIpc) is 2.63. The standard InChI is InChI=1S/C18H14N3O3/c22-18(14-6-5-7-15(12-14)21(23)24)13-20-11-4-2-9-17(20)16-8-1-3-10-19-16/h1-12H,13H2/q+1. The van der Waals surface area contributed by atoms with Crippen LogP contribution in [0.5, 0.6) is 0 Å². The zero-order valence-corrected chi connectivity index (χ0v) is 12.7. The molecule has 24 heavy (non-hydrogen) atoms. The molecule has 0 spiro atoms. The summed E-state index contributed by atoms with van der Waals surface area (Å²) < 4.78 is 1.78. The minimum atomic E-state index is -0.508. The van der Waals surface area contributed by atoms with Crippen molar-refractivity contribution in [2.45, 2.75) is 6.54 Å². The number of nitrogens with zero attached hydrogens (tertiary/aromatic N) is 3. The van der Waals surface area contributed by atoms with Gasteiger partial charge in [0.1, 0.15) is 5.69 Å². The molecule has 0 aliphatic carbocycles. The molecule has 0 bridgehead atoms. The van der Waals surface area contributed by atoms with E-state index in [2.05, 4.69) is 4.98 Å². The van der Waals surface area contributed by atoms with Crippen molar-refractivity contribution in [2.24, 2.45) is 0 Å². The molecule has 0 unspecified atom stereocenters. The zero-order chi connectivity index (χ0) is 16.9. The molecule has 0 amide bonds. The molecular formula is C18H14N3O3+. The molecule has 6 heteroatoms. The third kappa shape index (κ3) is 3.33. The van der Waals surface area contributed by atoms with Gasteiger partial charge in [0.25, 0.3) is 5.69 Å². The number of carbonyl (C=O) groups is 1. The number of Topliss-reactive ketones (excluding diaryl/α,β-unsaturated/α-hetero) is 1. The van der Waals surface area contributed by atoms with Gasteiger partial charge in [-0.1, -0.05) is 18.2 Å². The van der Waals surface area contributed by atoms with Gasteiger partial charge in [-0.05, 0) is 18.2 Å². The summed E-state index contributed by atoms with van der Waals surface area (Å²) in [6, 6.07) is 16.9. The van der Waals surface area contributed by atoms with Crippen LogP contribution in [0.3, 0.4) is 0 Å². The largest absolute Gasteiger partial charge is 0.287 e. The van der Waals surface area contributed by atoms with Gasteiger partial charge in [0.2, 0.25) is 18.0 Å². The summed E-state index contributed by atoms with van der Waals surface area (Å²) in [6.07, 6.45) is 3.48. The smallest absolute Gasteiger partial charge is 0.270 e. The predicted octanol–water partition coefficient (Wildman–Crippen LogP) is 2.83. The third-order valence-corrected chi connectivity index (χ3v) is 3.56. The summed E-state index contributed by atoms with van der Waals surface area (Å²) in [7, 11) is 0. The molecule has 0 aliphatic rings. The SMILES string of the molecule is O=C(C[n+]1ccccc1-c1ccccn1)c1cccc([N+](=O)[O-])c1. The number of nitro benzene ring substituents is 1. The van der Waals surface area contributed by atoms with Crippen LogP contribution in [0.4, 0.5) is 5.69 Å². The second-order valence-corrected chi connectivity index (χ2v) is 5.16. The maximum Gasteiger partial charge on any atom is 0.270 e. The van der Waals surface area contributed by atoms with Gasteiger partial charge >= 0.3 is 0 Å². The number of non-ortho nitro benzene ring substituents is 1. The lowest BCUT2D eigenvalue weighted by molar-refractivity contribution is -0.672. The number of hydrogen-bond donors (Lipinski definition) is 0. The van der Waals surface area contributed by atoms with Crippen LogP contribution in [0.1, 0.15) is 10.4 Å². The van der Waals surface area contributed by atoms with Gasteiger partial charge in [0, 0.05) is 36.0 Å². The third-order valence-electron chi connectivity index (χ3n) is 3.56. The first-order valence-corrected chi connectivity index (χ1v) is 7.32. The lowest BCUT2D eigenvalue weighted by atomic mass is 10.1. The first kappa shape index (κ1) is 15.5. The Morgan fingerprint density at radius 1 is 1.08 bits per heavy atom. The number of nitro groups is 1. The van der Waals surface area contributed by atoms with Gasteiger partial charge in [-0.25, -0.2) is 4.98 Å². The van der Waals surface area contributed by atoms with E-state index in [4.69, 9.17) is 0 Å². The van der Waals surface area contributed by atoms with Crippen LogP contribution >= 0.6 is 0 Å². The van der Waals surface area contributed by atoms with Crippen LogP contribution in [0.25, 0.3) is 11.4 Å². The summed E-state index contributed by atoms with van der Waals surface area (Å²) in [5.74, 6) is -0.202. The highest BCUT2D eigenvalue weighted by Crippen LogP contribution is 2.15. The number of benzene rings is 1. The predicted molar refractivity (Wildman–Crippen MR) is 87.3 cm³/mol. The van der Waals surface area contributed by atoms with E-state index >= 15 is 0 Å². The van der Waals surface area contributed by atoms with Gasteiger partial charge in [-0.15, -0.1) is 0 Å². The van der Waals surface area contributed by atoms with Crippen molar-refractivity contribution in [3.63, 3.8) is 0 Å². The summed E-state index contributed by atoms with van der Waals surface area (Å²) in [4.78, 5) is 27.2. The Hall–Kier alpha value is -3.41. The normalized spacial score (nSPS) is 10.3. The monoisotopic (exact) mass is 320 g/mol. The lowest BCUT2D eigenvalue weighted by Gasteiger charge is -2.03. The molecule has 0 saturated carbocycles. The Morgan fingerprint density at radius 3 is 2.67 bits per heavy atom. The van der Waals surface area contributed by atoms with E-state index in [1.54, 1.807) is 23.0 Å². The molecule has 118 valence electrons. The van der Waals surface area contributed by atoms with Crippen molar-refractivity contribution >= 4 is 11.5 Å². The van der Waals surface area contributed by atoms with Gasteiger partial charge in [-0.2, -0.15) is 4.57 Å². The fourth-order valence-corrected chi connectivity index (χ4v) is 2.40. The Morgan fingerprint density at radius 2 is 1.92 bits per heavy atom. The topological polar surface area (TPSA) is 77.0 Å². The van der Waals surface area contributed by atoms with Crippen molar-refractivity contribution in [1.82, 2.24) is 4.98 Å². The zero-order valence-electron chi connectivity index (χ0n) is 12.7. The highest BCUT2D eigenvalue weighted by atomic mass is 16.6. The molecule has 1 aromatic carbocycles. The second kappa shape index (κ2) is 6.78. The quantitative estimate of drug-likeness (QED) is 0.313. The van der Waals surface area contributed by atoms with E-state index in [0.29, 0.717) is 5.56 Å². The fraction of sp³-hybridized carbons (Fsp3) is 0.0556. The van der Waals surface area contributed by atoms with Crippen molar-refractivity contribution in [3.05, 3.63) is 88.7 Å². The van der Waals surface area contributed by atoms with Crippen molar-refractivity contribution in [2.75, 3.05) is 0 Å². The number of pyridine rings is 2. The van der Waals surface area contributed by atoms with E-state index < -0.39 is 4.92 Å². The first-order valence-electron chi connectivity index (χ1n) is 7.32. The number of carbonyl (C=O) groups excluding carboxylic acids is 1. The molecule has 3 aromatic rings. The van der Waals surface area contributed by atoms with E-state index in [1.807, 2.05) is 36.4 Å². The summed E-state index contributed by atoms with van der Waals surface area (Å²) in [6.45, 7) is 0.0773. The number of aromatic nitrogens is 2. The minimum Gasteiger partial charge on any atom is -0.287 e. The number of ketones is 1. The van der Waals surface area contributed by atoms with Crippen molar-refractivity contribution < 1.29 is 14.3 Å². The van der Waals surface area contributed by atoms with Gasteiger partial charge in [0.15, 0.2) is 6.20 Å². The molecule has 0 saturated heterocycles. The molecule has 0 N–H and O–H groups in total. The number of rotatable bonds is 5. The fourth-order valence-electron chi connectivity index (χ4n) is 2.40. The van der Waals surface area contributed by atoms with Crippen LogP contribution in [0, 0.1) is 10.1 Å². The molecular weight excluding hydrogens is 306 g/mol. The number of hydrogen-bond acceptors (Lipinski definition) is 4. The molecule has 0 radical (unpaired) electrons. The Kier molecular flexibility index (Phi) is 4.38. The van der Waals surface area contributed by atoms with Crippen LogP contribution in [-0.2, 0) is 6.54 Å². The Bertz CT molecular complexity index is 895. The highest BCUT2D eigenvalue weighted by Gasteiger charge is 2.19.